The lowest BCUT2D eigenvalue weighted by atomic mass is 10.1. The van der Waals surface area contributed by atoms with Gasteiger partial charge in [-0.1, -0.05) is 27.5 Å². The first-order chi connectivity index (χ1) is 12.5. The van der Waals surface area contributed by atoms with Crippen LogP contribution in [0.3, 0.4) is 0 Å². The topological polar surface area (TPSA) is 88.8 Å². The molecule has 0 amide bonds. The van der Waals surface area contributed by atoms with E-state index < -0.39 is 29.9 Å². The van der Waals surface area contributed by atoms with E-state index >= 15 is 0 Å². The zero-order valence-corrected chi connectivity index (χ0v) is 19.1. The van der Waals surface area contributed by atoms with Gasteiger partial charge in [0.05, 0.1) is 9.85 Å². The lowest BCUT2D eigenvalue weighted by Gasteiger charge is -2.20. The van der Waals surface area contributed by atoms with Gasteiger partial charge in [-0.25, -0.2) is 17.5 Å². The number of alkyl halides is 1. The van der Waals surface area contributed by atoms with Crippen molar-refractivity contribution in [3.63, 3.8) is 0 Å². The molecule has 0 fully saturated rings. The minimum absolute atomic E-state index is 0.0419. The SMILES string of the molecule is C[Si](C)(C)Oc1c(C(Br)CCN[SH](=O)=O)oc(-c2ccc(Cl)c(F)c2)c1O. The van der Waals surface area contributed by atoms with E-state index in [4.69, 9.17) is 20.4 Å². The highest BCUT2D eigenvalue weighted by atomic mass is 79.9. The molecule has 0 bridgehead atoms. The van der Waals surface area contributed by atoms with Crippen molar-refractivity contribution < 1.29 is 26.8 Å². The minimum Gasteiger partial charge on any atom is -0.539 e. The van der Waals surface area contributed by atoms with Gasteiger partial charge in [0.25, 0.3) is 0 Å². The molecule has 1 heterocycles. The second kappa shape index (κ2) is 8.95. The number of thiol groups is 1. The van der Waals surface area contributed by atoms with Gasteiger partial charge in [0.1, 0.15) is 5.82 Å². The molecule has 150 valence electrons. The molecule has 1 atom stereocenters. The quantitative estimate of drug-likeness (QED) is 0.280. The van der Waals surface area contributed by atoms with Gasteiger partial charge in [-0.2, -0.15) is 0 Å². The number of aromatic hydroxyl groups is 1. The van der Waals surface area contributed by atoms with Crippen LogP contribution in [0.1, 0.15) is 17.0 Å². The van der Waals surface area contributed by atoms with Crippen LogP contribution >= 0.6 is 27.5 Å². The van der Waals surface area contributed by atoms with Gasteiger partial charge in [0.2, 0.25) is 25.0 Å². The molecule has 2 rings (SSSR count). The molecule has 2 N–H and O–H groups in total. The van der Waals surface area contributed by atoms with Crippen molar-refractivity contribution in [2.24, 2.45) is 0 Å². The second-order valence-electron chi connectivity index (χ2n) is 6.74. The minimum atomic E-state index is -2.70. The molecule has 27 heavy (non-hydrogen) atoms. The highest BCUT2D eigenvalue weighted by molar-refractivity contribution is 9.09. The average Bonchev–Trinajstić information content (AvgIpc) is 2.85. The Morgan fingerprint density at radius 2 is 2.07 bits per heavy atom. The first-order valence-corrected chi connectivity index (χ1v) is 13.9. The van der Waals surface area contributed by atoms with Gasteiger partial charge >= 0.3 is 0 Å². The molecule has 0 radical (unpaired) electrons. The normalized spacial score (nSPS) is 13.1. The molecule has 0 saturated heterocycles. The maximum atomic E-state index is 13.8. The fourth-order valence-corrected chi connectivity index (χ4v) is 4.05. The van der Waals surface area contributed by atoms with Crippen molar-refractivity contribution in [2.45, 2.75) is 30.9 Å². The third-order valence-electron chi connectivity index (χ3n) is 3.38. The van der Waals surface area contributed by atoms with Crippen LogP contribution in [0.25, 0.3) is 11.3 Å². The van der Waals surface area contributed by atoms with Crippen molar-refractivity contribution in [3.8, 4) is 22.8 Å². The maximum Gasteiger partial charge on any atom is 0.242 e. The summed E-state index contributed by atoms with van der Waals surface area (Å²) >= 11 is 9.15. The third-order valence-corrected chi connectivity index (χ3v) is 5.86. The Kier molecular flexibility index (Phi) is 7.37. The van der Waals surface area contributed by atoms with Gasteiger partial charge in [0, 0.05) is 12.1 Å². The Morgan fingerprint density at radius 1 is 1.41 bits per heavy atom. The summed E-state index contributed by atoms with van der Waals surface area (Å²) in [5, 5.41) is 10.6. The standard InChI is InChI=1S/C16H20BrClFNO5SSi/c1-27(2,3)25-16-13(21)14(9-4-5-11(18)12(19)8-9)24-15(16)10(17)6-7-20-26(22)23/h4-5,8,10,21,26H,6-7H2,1-3H3,(H,20,22,23). The van der Waals surface area contributed by atoms with E-state index in [0.29, 0.717) is 17.7 Å². The van der Waals surface area contributed by atoms with Crippen LogP contribution in [0, 0.1) is 5.82 Å². The van der Waals surface area contributed by atoms with E-state index in [0.717, 1.165) is 6.07 Å². The average molecular weight is 501 g/mol. The van der Waals surface area contributed by atoms with Crippen LogP contribution in [0.15, 0.2) is 22.6 Å². The lowest BCUT2D eigenvalue weighted by molar-refractivity contribution is 0.438. The Morgan fingerprint density at radius 3 is 2.63 bits per heavy atom. The largest absolute Gasteiger partial charge is 0.539 e. The first kappa shape index (κ1) is 22.2. The predicted molar refractivity (Wildman–Crippen MR) is 109 cm³/mol. The van der Waals surface area contributed by atoms with E-state index in [1.807, 2.05) is 19.6 Å². The van der Waals surface area contributed by atoms with Crippen molar-refractivity contribution >= 4 is 46.7 Å². The summed E-state index contributed by atoms with van der Waals surface area (Å²) in [4.78, 5) is -0.428. The van der Waals surface area contributed by atoms with E-state index in [2.05, 4.69) is 20.7 Å². The molecule has 0 saturated carbocycles. The number of halogens is 3. The van der Waals surface area contributed by atoms with Crippen molar-refractivity contribution in [1.82, 2.24) is 4.72 Å². The third kappa shape index (κ3) is 5.95. The zero-order chi connectivity index (χ0) is 20.4. The van der Waals surface area contributed by atoms with Crippen molar-refractivity contribution in [3.05, 3.63) is 34.8 Å². The monoisotopic (exact) mass is 499 g/mol. The summed E-state index contributed by atoms with van der Waals surface area (Å²) in [6.45, 7) is 6.00. The Hall–Kier alpha value is -1.07. The summed E-state index contributed by atoms with van der Waals surface area (Å²) in [7, 11) is -4.81. The number of benzene rings is 1. The Labute approximate surface area is 173 Å². The molecule has 0 aliphatic heterocycles. The molecular weight excluding hydrogens is 481 g/mol. The van der Waals surface area contributed by atoms with Gasteiger partial charge in [0.15, 0.2) is 17.3 Å². The molecule has 6 nitrogen and oxygen atoms in total. The van der Waals surface area contributed by atoms with E-state index in [1.165, 1.54) is 12.1 Å². The molecule has 11 heteroatoms. The molecule has 1 aromatic heterocycles. The highest BCUT2D eigenvalue weighted by Gasteiger charge is 2.30. The smallest absolute Gasteiger partial charge is 0.242 e. The van der Waals surface area contributed by atoms with Gasteiger partial charge in [-0.05, 0) is 44.3 Å². The number of nitrogens with one attached hydrogen (secondary N) is 1. The maximum absolute atomic E-state index is 13.8. The predicted octanol–water partition coefficient (Wildman–Crippen LogP) is 4.60. The second-order valence-corrected chi connectivity index (χ2v) is 13.5. The van der Waals surface area contributed by atoms with Gasteiger partial charge in [-0.15, -0.1) is 0 Å². The number of hydrogen-bond donors (Lipinski definition) is 3. The molecule has 0 aliphatic carbocycles. The molecular formula is C16H20BrClFNO5SSi. The fraction of sp³-hybridized carbons (Fsp3) is 0.375. The number of furan rings is 1. The summed E-state index contributed by atoms with van der Waals surface area (Å²) in [6.07, 6.45) is 0.354. The molecule has 0 spiro atoms. The van der Waals surface area contributed by atoms with Crippen LogP contribution in [0.4, 0.5) is 4.39 Å². The van der Waals surface area contributed by atoms with Gasteiger partial charge in [-0.3, -0.25) is 0 Å². The van der Waals surface area contributed by atoms with Crippen LogP contribution in [0.2, 0.25) is 24.7 Å². The summed E-state index contributed by atoms with van der Waals surface area (Å²) in [5.74, 6) is -0.336. The molecule has 1 unspecified atom stereocenters. The van der Waals surface area contributed by atoms with E-state index in [9.17, 15) is 17.9 Å². The lowest BCUT2D eigenvalue weighted by Crippen LogP contribution is -2.29. The van der Waals surface area contributed by atoms with Crippen LogP contribution in [-0.2, 0) is 10.9 Å². The Balaban J connectivity index is 2.45. The zero-order valence-electron chi connectivity index (χ0n) is 14.9. The number of hydrogen-bond acceptors (Lipinski definition) is 5. The van der Waals surface area contributed by atoms with Crippen LogP contribution < -0.4 is 9.15 Å². The van der Waals surface area contributed by atoms with Crippen molar-refractivity contribution in [2.75, 3.05) is 6.54 Å². The number of rotatable bonds is 8. The van der Waals surface area contributed by atoms with E-state index in [-0.39, 0.29) is 28.8 Å². The Bertz CT molecular complexity index is 892. The molecule has 0 aliphatic rings. The molecule has 1 aromatic carbocycles. The van der Waals surface area contributed by atoms with Crippen LogP contribution in [-0.4, -0.2) is 28.4 Å². The summed E-state index contributed by atoms with van der Waals surface area (Å²) < 4.78 is 49.2. The summed E-state index contributed by atoms with van der Waals surface area (Å²) in [6, 6.07) is 4.06. The fourth-order valence-electron chi connectivity index (χ4n) is 2.28. The highest BCUT2D eigenvalue weighted by Crippen LogP contribution is 2.49. The summed E-state index contributed by atoms with van der Waals surface area (Å²) in [5.41, 5.74) is 0.307. The van der Waals surface area contributed by atoms with Crippen LogP contribution in [0.5, 0.6) is 11.5 Å². The van der Waals surface area contributed by atoms with Crippen molar-refractivity contribution in [1.29, 1.82) is 0 Å². The van der Waals surface area contributed by atoms with Gasteiger partial charge < -0.3 is 13.9 Å². The first-order valence-electron chi connectivity index (χ1n) is 8.01. The molecule has 2 aromatic rings. The van der Waals surface area contributed by atoms with E-state index in [1.54, 1.807) is 0 Å².